The molecule has 2 rings (SSSR count). The predicted molar refractivity (Wildman–Crippen MR) is 80.1 cm³/mol. The molecule has 1 nitrogen and oxygen atoms in total. The summed E-state index contributed by atoms with van der Waals surface area (Å²) in [5.41, 5.74) is 1.61. The standard InChI is InChI=1S/C14H23NS2/c1-3-5-6-12(15-4-2)14-9-11-10-16-8-7-13(11)17-14/h9,12,15H,3-8,10H2,1-2H3. The molecule has 0 amide bonds. The maximum Gasteiger partial charge on any atom is 0.0414 e. The Kier molecular flexibility index (Phi) is 5.39. The van der Waals surface area contributed by atoms with E-state index >= 15 is 0 Å². The van der Waals surface area contributed by atoms with Crippen molar-refractivity contribution in [3.05, 3.63) is 21.4 Å². The van der Waals surface area contributed by atoms with Crippen LogP contribution in [0.4, 0.5) is 0 Å². The van der Waals surface area contributed by atoms with Crippen molar-refractivity contribution in [3.63, 3.8) is 0 Å². The second kappa shape index (κ2) is 6.81. The van der Waals surface area contributed by atoms with E-state index in [-0.39, 0.29) is 0 Å². The molecule has 96 valence electrons. The van der Waals surface area contributed by atoms with Gasteiger partial charge in [-0.1, -0.05) is 26.7 Å². The Balaban J connectivity index is 2.08. The first-order valence-corrected chi connectivity index (χ1v) is 8.74. The van der Waals surface area contributed by atoms with E-state index < -0.39 is 0 Å². The fourth-order valence-electron chi connectivity index (χ4n) is 2.34. The molecule has 0 radical (unpaired) electrons. The molecule has 0 aromatic carbocycles. The van der Waals surface area contributed by atoms with Crippen LogP contribution in [0.1, 0.15) is 54.5 Å². The third-order valence-corrected chi connectivity index (χ3v) is 5.65. The number of unbranched alkanes of at least 4 members (excludes halogenated alkanes) is 1. The van der Waals surface area contributed by atoms with E-state index in [4.69, 9.17) is 0 Å². The molecule has 3 heteroatoms. The number of hydrogen-bond acceptors (Lipinski definition) is 3. The Labute approximate surface area is 113 Å². The first-order valence-electron chi connectivity index (χ1n) is 6.77. The molecule has 0 fully saturated rings. The summed E-state index contributed by atoms with van der Waals surface area (Å²) in [4.78, 5) is 3.23. The Morgan fingerprint density at radius 3 is 3.00 bits per heavy atom. The van der Waals surface area contributed by atoms with Crippen LogP contribution in [0.25, 0.3) is 0 Å². The lowest BCUT2D eigenvalue weighted by Crippen LogP contribution is -2.19. The largest absolute Gasteiger partial charge is 0.310 e. The average Bonchev–Trinajstić information content (AvgIpc) is 2.78. The van der Waals surface area contributed by atoms with Gasteiger partial charge in [0.1, 0.15) is 0 Å². The van der Waals surface area contributed by atoms with Crippen molar-refractivity contribution in [2.75, 3.05) is 12.3 Å². The molecule has 0 aliphatic carbocycles. The zero-order valence-corrected chi connectivity index (χ0v) is 12.6. The van der Waals surface area contributed by atoms with Gasteiger partial charge in [-0.2, -0.15) is 11.8 Å². The maximum absolute atomic E-state index is 3.65. The van der Waals surface area contributed by atoms with Gasteiger partial charge in [0.2, 0.25) is 0 Å². The van der Waals surface area contributed by atoms with Crippen LogP contribution in [-0.2, 0) is 12.2 Å². The van der Waals surface area contributed by atoms with Crippen molar-refractivity contribution in [2.24, 2.45) is 0 Å². The van der Waals surface area contributed by atoms with Gasteiger partial charge in [0, 0.05) is 21.5 Å². The van der Waals surface area contributed by atoms with Gasteiger partial charge < -0.3 is 5.32 Å². The van der Waals surface area contributed by atoms with Crippen LogP contribution in [0.5, 0.6) is 0 Å². The van der Waals surface area contributed by atoms with E-state index in [2.05, 4.69) is 48.3 Å². The topological polar surface area (TPSA) is 12.0 Å². The summed E-state index contributed by atoms with van der Waals surface area (Å²) in [6.45, 7) is 5.56. The molecule has 17 heavy (non-hydrogen) atoms. The molecule has 0 spiro atoms. The van der Waals surface area contributed by atoms with Crippen molar-refractivity contribution in [2.45, 2.75) is 51.3 Å². The predicted octanol–water partition coefficient (Wildman–Crippen LogP) is 4.38. The quantitative estimate of drug-likeness (QED) is 0.822. The summed E-state index contributed by atoms with van der Waals surface area (Å²) in [7, 11) is 0. The highest BCUT2D eigenvalue weighted by Crippen LogP contribution is 2.35. The number of nitrogens with one attached hydrogen (secondary N) is 1. The van der Waals surface area contributed by atoms with Gasteiger partial charge in [0.25, 0.3) is 0 Å². The summed E-state index contributed by atoms with van der Waals surface area (Å²) in [6, 6.07) is 3.07. The summed E-state index contributed by atoms with van der Waals surface area (Å²) >= 11 is 4.14. The van der Waals surface area contributed by atoms with Gasteiger partial charge in [-0.15, -0.1) is 11.3 Å². The minimum Gasteiger partial charge on any atom is -0.310 e. The van der Waals surface area contributed by atoms with E-state index in [1.54, 1.807) is 15.3 Å². The van der Waals surface area contributed by atoms with Crippen molar-refractivity contribution in [3.8, 4) is 0 Å². The number of aryl methyl sites for hydroxylation is 1. The SMILES string of the molecule is CCCCC(NCC)c1cc2c(s1)CCSC2. The number of fused-ring (bicyclic) bond motifs is 1. The summed E-state index contributed by atoms with van der Waals surface area (Å²) < 4.78 is 0. The Hall–Kier alpha value is 0.01000. The van der Waals surface area contributed by atoms with Crippen molar-refractivity contribution in [1.82, 2.24) is 5.32 Å². The monoisotopic (exact) mass is 269 g/mol. The summed E-state index contributed by atoms with van der Waals surface area (Å²) in [5, 5.41) is 3.65. The van der Waals surface area contributed by atoms with E-state index in [1.165, 1.54) is 37.2 Å². The smallest absolute Gasteiger partial charge is 0.0414 e. The zero-order chi connectivity index (χ0) is 12.1. The van der Waals surface area contributed by atoms with Crippen molar-refractivity contribution < 1.29 is 0 Å². The van der Waals surface area contributed by atoms with Crippen LogP contribution in [0.2, 0.25) is 0 Å². The van der Waals surface area contributed by atoms with Gasteiger partial charge in [-0.25, -0.2) is 0 Å². The van der Waals surface area contributed by atoms with E-state index in [1.807, 2.05) is 0 Å². The summed E-state index contributed by atoms with van der Waals surface area (Å²) in [5.74, 6) is 2.55. The molecule has 1 N–H and O–H groups in total. The molecule has 0 bridgehead atoms. The maximum atomic E-state index is 3.65. The Morgan fingerprint density at radius 1 is 1.41 bits per heavy atom. The lowest BCUT2D eigenvalue weighted by Gasteiger charge is -2.15. The Morgan fingerprint density at radius 2 is 2.29 bits per heavy atom. The van der Waals surface area contributed by atoms with Gasteiger partial charge in [0.05, 0.1) is 0 Å². The minimum atomic E-state index is 0.598. The van der Waals surface area contributed by atoms with Crippen LogP contribution in [0.15, 0.2) is 6.07 Å². The highest BCUT2D eigenvalue weighted by molar-refractivity contribution is 7.98. The van der Waals surface area contributed by atoms with Crippen molar-refractivity contribution in [1.29, 1.82) is 0 Å². The van der Waals surface area contributed by atoms with Gasteiger partial charge >= 0.3 is 0 Å². The van der Waals surface area contributed by atoms with Crippen LogP contribution in [0.3, 0.4) is 0 Å². The molecule has 2 heterocycles. The van der Waals surface area contributed by atoms with E-state index in [0.29, 0.717) is 6.04 Å². The number of thioether (sulfide) groups is 1. The van der Waals surface area contributed by atoms with Crippen LogP contribution in [-0.4, -0.2) is 12.3 Å². The highest BCUT2D eigenvalue weighted by Gasteiger charge is 2.18. The normalized spacial score (nSPS) is 16.8. The fourth-order valence-corrected chi connectivity index (χ4v) is 4.83. The lowest BCUT2D eigenvalue weighted by atomic mass is 10.1. The van der Waals surface area contributed by atoms with Crippen molar-refractivity contribution >= 4 is 23.1 Å². The molecule has 1 atom stereocenters. The third-order valence-electron chi connectivity index (χ3n) is 3.29. The zero-order valence-electron chi connectivity index (χ0n) is 10.9. The van der Waals surface area contributed by atoms with E-state index in [0.717, 1.165) is 6.54 Å². The highest BCUT2D eigenvalue weighted by atomic mass is 32.2. The van der Waals surface area contributed by atoms with Gasteiger partial charge in [-0.3, -0.25) is 0 Å². The fraction of sp³-hybridized carbons (Fsp3) is 0.714. The van der Waals surface area contributed by atoms with Crippen LogP contribution in [0, 0.1) is 0 Å². The molecule has 0 saturated carbocycles. The minimum absolute atomic E-state index is 0.598. The second-order valence-corrected chi connectivity index (χ2v) is 6.93. The third kappa shape index (κ3) is 3.49. The summed E-state index contributed by atoms with van der Waals surface area (Å²) in [6.07, 6.45) is 5.20. The first kappa shape index (κ1) is 13.4. The number of hydrogen-bond donors (Lipinski definition) is 1. The molecule has 0 saturated heterocycles. The van der Waals surface area contributed by atoms with Gasteiger partial charge in [0.15, 0.2) is 0 Å². The first-order chi connectivity index (χ1) is 8.35. The van der Waals surface area contributed by atoms with Gasteiger partial charge in [-0.05, 0) is 36.8 Å². The van der Waals surface area contributed by atoms with Crippen LogP contribution >= 0.6 is 23.1 Å². The molecule has 1 aromatic rings. The number of rotatable bonds is 6. The average molecular weight is 269 g/mol. The Bertz CT molecular complexity index is 322. The van der Waals surface area contributed by atoms with Crippen LogP contribution < -0.4 is 5.32 Å². The molecular formula is C14H23NS2. The number of thiophene rings is 1. The molecule has 1 aliphatic rings. The molecule has 1 aliphatic heterocycles. The van der Waals surface area contributed by atoms with E-state index in [9.17, 15) is 0 Å². The lowest BCUT2D eigenvalue weighted by molar-refractivity contribution is 0.501. The molecule has 1 aromatic heterocycles. The molecule has 1 unspecified atom stereocenters. The molecular weight excluding hydrogens is 246 g/mol. The second-order valence-electron chi connectivity index (χ2n) is 4.65.